The van der Waals surface area contributed by atoms with E-state index in [2.05, 4.69) is 5.32 Å². The van der Waals surface area contributed by atoms with Crippen molar-refractivity contribution < 1.29 is 4.79 Å². The Morgan fingerprint density at radius 3 is 2.43 bits per heavy atom. The summed E-state index contributed by atoms with van der Waals surface area (Å²) in [7, 11) is 0. The number of benzene rings is 1. The van der Waals surface area contributed by atoms with Crippen molar-refractivity contribution in [2.24, 2.45) is 0 Å². The predicted molar refractivity (Wildman–Crippen MR) is 83.7 cm³/mol. The number of aryl methyl sites for hydroxylation is 2. The Bertz CT molecular complexity index is 572. The lowest BCUT2D eigenvalue weighted by Gasteiger charge is -2.26. The fraction of sp³-hybridized carbons (Fsp3) is 0.412. The van der Waals surface area contributed by atoms with Crippen molar-refractivity contribution in [3.8, 4) is 6.07 Å². The van der Waals surface area contributed by atoms with Crippen LogP contribution in [0.4, 0.5) is 5.69 Å². The first-order valence-electron chi connectivity index (χ1n) is 7.36. The highest BCUT2D eigenvalue weighted by Crippen LogP contribution is 2.20. The third-order valence-electron chi connectivity index (χ3n) is 3.84. The Morgan fingerprint density at radius 2 is 1.86 bits per heavy atom. The number of piperidine rings is 1. The first kappa shape index (κ1) is 15.1. The average molecular weight is 283 g/mol. The maximum Gasteiger partial charge on any atom is 0.266 e. The third kappa shape index (κ3) is 3.63. The second kappa shape index (κ2) is 6.94. The van der Waals surface area contributed by atoms with Crippen LogP contribution in [0.3, 0.4) is 0 Å². The van der Waals surface area contributed by atoms with Gasteiger partial charge in [-0.3, -0.25) is 4.79 Å². The van der Waals surface area contributed by atoms with E-state index in [1.165, 1.54) is 6.20 Å². The molecule has 1 aromatic carbocycles. The van der Waals surface area contributed by atoms with Gasteiger partial charge < -0.3 is 10.2 Å². The fourth-order valence-electron chi connectivity index (χ4n) is 2.60. The summed E-state index contributed by atoms with van der Waals surface area (Å²) in [5.41, 5.74) is 3.30. The van der Waals surface area contributed by atoms with Crippen molar-refractivity contribution in [2.45, 2.75) is 33.1 Å². The van der Waals surface area contributed by atoms with E-state index in [1.807, 2.05) is 38.1 Å². The van der Waals surface area contributed by atoms with E-state index in [-0.39, 0.29) is 11.5 Å². The molecule has 1 heterocycles. The lowest BCUT2D eigenvalue weighted by Crippen LogP contribution is -2.36. The Morgan fingerprint density at radius 1 is 1.24 bits per heavy atom. The Labute approximate surface area is 126 Å². The standard InChI is InChI=1S/C17H21N3O/c1-13-7-6-8-14(2)16(13)19-12-15(11-18)17(21)20-9-4-3-5-10-20/h6-8,12,19H,3-5,9-10H2,1-2H3/b15-12-. The molecular formula is C17H21N3O. The first-order valence-corrected chi connectivity index (χ1v) is 7.36. The minimum Gasteiger partial charge on any atom is -0.360 e. The molecule has 1 saturated heterocycles. The van der Waals surface area contributed by atoms with Gasteiger partial charge in [-0.25, -0.2) is 0 Å². The molecule has 1 fully saturated rings. The van der Waals surface area contributed by atoms with Gasteiger partial charge in [-0.2, -0.15) is 5.26 Å². The molecule has 0 bridgehead atoms. The minimum atomic E-state index is -0.170. The smallest absolute Gasteiger partial charge is 0.266 e. The zero-order valence-electron chi connectivity index (χ0n) is 12.6. The molecule has 0 saturated carbocycles. The Kier molecular flexibility index (Phi) is 4.99. The van der Waals surface area contributed by atoms with Gasteiger partial charge in [-0.05, 0) is 44.2 Å². The van der Waals surface area contributed by atoms with Gasteiger partial charge in [0.15, 0.2) is 0 Å². The van der Waals surface area contributed by atoms with Gasteiger partial charge in [0.05, 0.1) is 0 Å². The lowest BCUT2D eigenvalue weighted by atomic mass is 10.1. The Hall–Kier alpha value is -2.28. The zero-order chi connectivity index (χ0) is 15.2. The second-order valence-corrected chi connectivity index (χ2v) is 5.43. The number of anilines is 1. The normalized spacial score (nSPS) is 15.5. The van der Waals surface area contributed by atoms with Crippen LogP contribution in [0.15, 0.2) is 30.0 Å². The summed E-state index contributed by atoms with van der Waals surface area (Å²) in [6.45, 7) is 5.51. The van der Waals surface area contributed by atoms with Gasteiger partial charge in [0.2, 0.25) is 0 Å². The second-order valence-electron chi connectivity index (χ2n) is 5.43. The summed E-state index contributed by atoms with van der Waals surface area (Å²) in [6.07, 6.45) is 4.74. The van der Waals surface area contributed by atoms with E-state index in [0.717, 1.165) is 49.2 Å². The van der Waals surface area contributed by atoms with Crippen LogP contribution < -0.4 is 5.32 Å². The number of carbonyl (C=O) groups is 1. The molecule has 0 atom stereocenters. The molecule has 1 aliphatic rings. The summed E-state index contributed by atoms with van der Waals surface area (Å²) in [5, 5.41) is 12.4. The van der Waals surface area contributed by atoms with Crippen LogP contribution in [-0.2, 0) is 4.79 Å². The number of nitriles is 1. The van der Waals surface area contributed by atoms with E-state index in [4.69, 9.17) is 0 Å². The van der Waals surface area contributed by atoms with Gasteiger partial charge in [0.1, 0.15) is 11.6 Å². The maximum absolute atomic E-state index is 12.3. The summed E-state index contributed by atoms with van der Waals surface area (Å²) in [6, 6.07) is 8.01. The van der Waals surface area contributed by atoms with Crippen LogP contribution in [0.25, 0.3) is 0 Å². The maximum atomic E-state index is 12.3. The molecule has 2 rings (SSSR count). The van der Waals surface area contributed by atoms with E-state index >= 15 is 0 Å². The number of carbonyl (C=O) groups excluding carboxylic acids is 1. The SMILES string of the molecule is Cc1cccc(C)c1N/C=C(/C#N)C(=O)N1CCCCC1. The van der Waals surface area contributed by atoms with Crippen molar-refractivity contribution >= 4 is 11.6 Å². The summed E-state index contributed by atoms with van der Waals surface area (Å²) in [4.78, 5) is 14.1. The number of rotatable bonds is 3. The molecule has 110 valence electrons. The molecule has 0 aliphatic carbocycles. The number of para-hydroxylation sites is 1. The van der Waals surface area contributed by atoms with Gasteiger partial charge in [-0.1, -0.05) is 18.2 Å². The van der Waals surface area contributed by atoms with Crippen LogP contribution in [0, 0.1) is 25.2 Å². The van der Waals surface area contributed by atoms with Gasteiger partial charge in [-0.15, -0.1) is 0 Å². The topological polar surface area (TPSA) is 56.1 Å². The average Bonchev–Trinajstić information content (AvgIpc) is 2.51. The summed E-state index contributed by atoms with van der Waals surface area (Å²) >= 11 is 0. The van der Waals surface area contributed by atoms with Crippen molar-refractivity contribution in [1.29, 1.82) is 5.26 Å². The monoisotopic (exact) mass is 283 g/mol. The van der Waals surface area contributed by atoms with Crippen LogP contribution in [0.2, 0.25) is 0 Å². The fourth-order valence-corrected chi connectivity index (χ4v) is 2.60. The highest BCUT2D eigenvalue weighted by Gasteiger charge is 2.20. The molecule has 4 heteroatoms. The molecule has 21 heavy (non-hydrogen) atoms. The molecule has 1 aliphatic heterocycles. The molecule has 0 spiro atoms. The molecule has 0 radical (unpaired) electrons. The van der Waals surface area contributed by atoms with Crippen LogP contribution in [-0.4, -0.2) is 23.9 Å². The van der Waals surface area contributed by atoms with Crippen molar-refractivity contribution in [1.82, 2.24) is 4.90 Å². The van der Waals surface area contributed by atoms with Crippen molar-refractivity contribution in [3.63, 3.8) is 0 Å². The molecule has 0 unspecified atom stereocenters. The highest BCUT2D eigenvalue weighted by molar-refractivity contribution is 5.97. The molecule has 1 N–H and O–H groups in total. The first-order chi connectivity index (χ1) is 10.1. The molecule has 1 amide bonds. The van der Waals surface area contributed by atoms with Gasteiger partial charge >= 0.3 is 0 Å². The van der Waals surface area contributed by atoms with E-state index < -0.39 is 0 Å². The number of hydrogen-bond acceptors (Lipinski definition) is 3. The van der Waals surface area contributed by atoms with Crippen LogP contribution in [0.5, 0.6) is 0 Å². The minimum absolute atomic E-state index is 0.166. The Balaban J connectivity index is 2.14. The van der Waals surface area contributed by atoms with E-state index in [1.54, 1.807) is 4.90 Å². The zero-order valence-corrected chi connectivity index (χ0v) is 12.6. The molecule has 1 aromatic rings. The van der Waals surface area contributed by atoms with Crippen molar-refractivity contribution in [2.75, 3.05) is 18.4 Å². The van der Waals surface area contributed by atoms with Crippen LogP contribution >= 0.6 is 0 Å². The van der Waals surface area contributed by atoms with E-state index in [9.17, 15) is 10.1 Å². The van der Waals surface area contributed by atoms with Crippen LogP contribution in [0.1, 0.15) is 30.4 Å². The number of amides is 1. The molecule has 0 aromatic heterocycles. The quantitative estimate of drug-likeness (QED) is 0.685. The highest BCUT2D eigenvalue weighted by atomic mass is 16.2. The number of nitrogens with one attached hydrogen (secondary N) is 1. The number of hydrogen-bond donors (Lipinski definition) is 1. The third-order valence-corrected chi connectivity index (χ3v) is 3.84. The summed E-state index contributed by atoms with van der Waals surface area (Å²) in [5.74, 6) is -0.170. The molecule has 4 nitrogen and oxygen atoms in total. The largest absolute Gasteiger partial charge is 0.360 e. The number of nitrogens with zero attached hydrogens (tertiary/aromatic N) is 2. The van der Waals surface area contributed by atoms with Gasteiger partial charge in [0, 0.05) is 25.0 Å². The molecular weight excluding hydrogens is 262 g/mol. The van der Waals surface area contributed by atoms with E-state index in [0.29, 0.717) is 0 Å². The predicted octanol–water partition coefficient (Wildman–Crippen LogP) is 3.14. The van der Waals surface area contributed by atoms with Crippen molar-refractivity contribution in [3.05, 3.63) is 41.1 Å². The lowest BCUT2D eigenvalue weighted by molar-refractivity contribution is -0.127. The van der Waals surface area contributed by atoms with Gasteiger partial charge in [0.25, 0.3) is 5.91 Å². The number of likely N-dealkylation sites (tertiary alicyclic amines) is 1. The summed E-state index contributed by atoms with van der Waals surface area (Å²) < 4.78 is 0.